The van der Waals surface area contributed by atoms with Crippen molar-refractivity contribution in [1.82, 2.24) is 15.0 Å². The third-order valence-corrected chi connectivity index (χ3v) is 4.67. The van der Waals surface area contributed by atoms with Gasteiger partial charge in [0.05, 0.1) is 25.3 Å². The summed E-state index contributed by atoms with van der Waals surface area (Å²) in [7, 11) is 2.97. The summed E-state index contributed by atoms with van der Waals surface area (Å²) in [6, 6.07) is 5.90. The Labute approximate surface area is 184 Å². The van der Waals surface area contributed by atoms with E-state index in [9.17, 15) is 13.3 Å². The zero-order valence-electron chi connectivity index (χ0n) is 14.4. The number of fused-ring (bicyclic) bond motifs is 1. The number of rotatable bonds is 7. The summed E-state index contributed by atoms with van der Waals surface area (Å²) in [6.07, 6.45) is 1.53. The van der Waals surface area contributed by atoms with Gasteiger partial charge >= 0.3 is 41.3 Å². The first-order chi connectivity index (χ1) is 12.5. The van der Waals surface area contributed by atoms with Crippen molar-refractivity contribution in [3.63, 3.8) is 0 Å². The predicted molar refractivity (Wildman–Crippen MR) is 101 cm³/mol. The van der Waals surface area contributed by atoms with Crippen molar-refractivity contribution in [2.24, 2.45) is 0 Å². The number of H-pyrrole nitrogens is 1. The number of ether oxygens (including phenoxy) is 3. The van der Waals surface area contributed by atoms with Crippen molar-refractivity contribution in [3.8, 4) is 17.2 Å². The van der Waals surface area contributed by atoms with Crippen LogP contribution in [0.1, 0.15) is 5.69 Å². The van der Waals surface area contributed by atoms with Crippen LogP contribution < -0.4 is 14.2 Å². The Morgan fingerprint density at radius 2 is 1.96 bits per heavy atom. The molecule has 1 unspecified atom stereocenters. The van der Waals surface area contributed by atoms with E-state index in [0.717, 1.165) is 0 Å². The Morgan fingerprint density at radius 1 is 1.21 bits per heavy atom. The van der Waals surface area contributed by atoms with Gasteiger partial charge < -0.3 is 24.2 Å². The second-order valence-corrected chi connectivity index (χ2v) is 6.45. The van der Waals surface area contributed by atoms with Gasteiger partial charge in [-0.05, 0) is 12.1 Å². The molecule has 1 atom stereocenters. The summed E-state index contributed by atoms with van der Waals surface area (Å²) in [6.45, 7) is -2.92. The van der Waals surface area contributed by atoms with Crippen LogP contribution in [0.3, 0.4) is 0 Å². The van der Waals surface area contributed by atoms with Crippen LogP contribution >= 0.6 is 0 Å². The zero-order chi connectivity index (χ0) is 18.7. The zero-order valence-corrected chi connectivity index (χ0v) is 15.2. The molecule has 3 rings (SSSR count). The number of aromatic amines is 1. The minimum absolute atomic E-state index is 0. The Kier molecular flexibility index (Phi) is 9.40. The average Bonchev–Trinajstić information content (AvgIpc) is 3.04. The summed E-state index contributed by atoms with van der Waals surface area (Å²) in [5.41, 5.74) is 1.38. The van der Waals surface area contributed by atoms with E-state index in [2.05, 4.69) is 19.7 Å². The molecule has 3 aromatic rings. The number of nitrogens with zero attached hydrogens (tertiary/aromatic N) is 2. The van der Waals surface area contributed by atoms with Crippen LogP contribution in [0.2, 0.25) is 0 Å². The van der Waals surface area contributed by atoms with Gasteiger partial charge in [-0.15, -0.1) is 0 Å². The van der Waals surface area contributed by atoms with Crippen molar-refractivity contribution in [1.29, 1.82) is 0 Å². The van der Waals surface area contributed by atoms with Crippen LogP contribution in [0.5, 0.6) is 17.2 Å². The van der Waals surface area contributed by atoms with E-state index >= 15 is 0 Å². The second-order valence-electron chi connectivity index (χ2n) is 5.08. The first kappa shape index (κ1) is 24.4. The maximum atomic E-state index is 12.6. The molecule has 1 aromatic carbocycles. The van der Waals surface area contributed by atoms with Gasteiger partial charge in [0.25, 0.3) is 0 Å². The Balaban J connectivity index is 0.00000196. The van der Waals surface area contributed by atoms with E-state index in [4.69, 9.17) is 9.47 Å². The molecule has 0 saturated carbocycles. The number of nitrogens with one attached hydrogen (secondary N) is 1. The fraction of sp³-hybridized carbons (Fsp3) is 0.250. The van der Waals surface area contributed by atoms with Gasteiger partial charge in [0, 0.05) is 29.5 Å². The van der Waals surface area contributed by atoms with Crippen molar-refractivity contribution in [2.75, 3.05) is 14.2 Å². The molecule has 12 heteroatoms. The molecule has 0 bridgehead atoms. The molecule has 2 aromatic heterocycles. The number of benzene rings is 1. The Morgan fingerprint density at radius 3 is 2.61 bits per heavy atom. The number of halogens is 2. The van der Waals surface area contributed by atoms with Gasteiger partial charge in [-0.2, -0.15) is 13.8 Å². The van der Waals surface area contributed by atoms with E-state index in [1.165, 1.54) is 38.6 Å². The van der Waals surface area contributed by atoms with E-state index in [-0.39, 0.29) is 51.7 Å². The molecule has 0 fully saturated rings. The summed E-state index contributed by atoms with van der Waals surface area (Å²) in [5.74, 6) is 0.896. The first-order valence-electron chi connectivity index (χ1n) is 7.40. The Hall–Kier alpha value is -1.63. The molecule has 0 aliphatic rings. The maximum absolute atomic E-state index is 12.6. The fourth-order valence-corrected chi connectivity index (χ4v) is 3.41. The third-order valence-electron chi connectivity index (χ3n) is 3.51. The third kappa shape index (κ3) is 5.46. The van der Waals surface area contributed by atoms with E-state index in [0.29, 0.717) is 28.2 Å². The van der Waals surface area contributed by atoms with Gasteiger partial charge in [0.15, 0.2) is 17.3 Å². The van der Waals surface area contributed by atoms with E-state index < -0.39 is 17.8 Å². The van der Waals surface area contributed by atoms with Gasteiger partial charge in [-0.25, -0.2) is 0 Å². The van der Waals surface area contributed by atoms with Gasteiger partial charge in [0.2, 0.25) is 0 Å². The average molecular weight is 425 g/mol. The van der Waals surface area contributed by atoms with Crippen molar-refractivity contribution < 1.29 is 33.0 Å². The molecule has 0 amide bonds. The summed E-state index contributed by atoms with van der Waals surface area (Å²) in [4.78, 5) is 11.3. The quantitative estimate of drug-likeness (QED) is 0.451. The molecule has 0 radical (unpaired) electrons. The number of hydrogen-bond donors (Lipinski definition) is 1. The molecular formula is C16H18F2N3NaO5S. The molecule has 0 aliphatic carbocycles. The van der Waals surface area contributed by atoms with Crippen LogP contribution in [-0.2, 0) is 16.9 Å². The number of hydrogen-bond acceptors (Lipinski definition) is 6. The van der Waals surface area contributed by atoms with Crippen LogP contribution in [0, 0.1) is 0 Å². The van der Waals surface area contributed by atoms with Crippen LogP contribution in [0.4, 0.5) is 8.78 Å². The standard InChI is InChI=1S/C16H15F2N3O4S.Na.H2O.H/c1-23-13-5-6-19-12(14(13)24-2)8-26(22)16-20-10-4-3-9(25-15(17)18)7-11(10)21-16;;;/h3-7,15H,8H2,1-2H3,(H,20,21);;1H2;. The molecular weight excluding hydrogens is 407 g/mol. The van der Waals surface area contributed by atoms with Crippen LogP contribution in [0.15, 0.2) is 35.6 Å². The molecule has 148 valence electrons. The number of methoxy groups -OCH3 is 2. The minimum atomic E-state index is -2.92. The van der Waals surface area contributed by atoms with Crippen molar-refractivity contribution >= 4 is 51.8 Å². The summed E-state index contributed by atoms with van der Waals surface area (Å²) >= 11 is -1.56. The predicted octanol–water partition coefficient (Wildman–Crippen LogP) is 1.41. The van der Waals surface area contributed by atoms with Gasteiger partial charge in [-0.1, -0.05) is 0 Å². The van der Waals surface area contributed by atoms with E-state index in [1.54, 1.807) is 6.07 Å². The summed E-state index contributed by atoms with van der Waals surface area (Å²) < 4.78 is 52.1. The Bertz CT molecular complexity index is 915. The molecule has 0 spiro atoms. The molecule has 28 heavy (non-hydrogen) atoms. The fourth-order valence-electron chi connectivity index (χ4n) is 2.39. The number of imidazole rings is 1. The van der Waals surface area contributed by atoms with E-state index in [1.807, 2.05) is 0 Å². The molecule has 2 heterocycles. The molecule has 8 nitrogen and oxygen atoms in total. The van der Waals surface area contributed by atoms with Crippen molar-refractivity contribution in [2.45, 2.75) is 17.5 Å². The molecule has 3 N–H and O–H groups in total. The monoisotopic (exact) mass is 425 g/mol. The number of alkyl halides is 2. The van der Waals surface area contributed by atoms with Crippen molar-refractivity contribution in [3.05, 3.63) is 36.2 Å². The molecule has 0 saturated heterocycles. The van der Waals surface area contributed by atoms with Crippen LogP contribution in [-0.4, -0.2) is 75.4 Å². The normalized spacial score (nSPS) is 11.5. The van der Waals surface area contributed by atoms with Crippen LogP contribution in [0.25, 0.3) is 11.0 Å². The van der Waals surface area contributed by atoms with Gasteiger partial charge in [-0.3, -0.25) is 9.97 Å². The topological polar surface area (TPSA) is 124 Å². The first-order valence-corrected chi connectivity index (χ1v) is 8.72. The summed E-state index contributed by atoms with van der Waals surface area (Å²) in [5, 5.41) is 0.195. The second kappa shape index (κ2) is 10.8. The number of pyridine rings is 1. The van der Waals surface area contributed by atoms with Gasteiger partial charge in [0.1, 0.15) is 11.4 Å². The SMILES string of the molecule is COc1ccnc(C[S+]([O-])c2nc3cc(OC(F)F)ccc3[nH]2)c1OC.O.[NaH]. The molecule has 0 aliphatic heterocycles. The number of aromatic nitrogens is 3.